The van der Waals surface area contributed by atoms with Crippen molar-refractivity contribution >= 4 is 21.1 Å². The molecule has 0 spiro atoms. The second kappa shape index (κ2) is 3.82. The summed E-state index contributed by atoms with van der Waals surface area (Å²) in [6, 6.07) is 0. The third-order valence-corrected chi connectivity index (χ3v) is 2.97. The third-order valence-electron chi connectivity index (χ3n) is 1.31. The van der Waals surface area contributed by atoms with Crippen molar-refractivity contribution in [1.82, 2.24) is 0 Å². The molecule has 0 radical (unpaired) electrons. The lowest BCUT2D eigenvalue weighted by Gasteiger charge is -2.28. The maximum Gasteiger partial charge on any atom is 0.427 e. The van der Waals surface area contributed by atoms with Crippen LogP contribution in [0.25, 0.3) is 0 Å². The molecule has 1 unspecified atom stereocenters. The van der Waals surface area contributed by atoms with Gasteiger partial charge in [0.25, 0.3) is 10.0 Å². The highest BCUT2D eigenvalue weighted by molar-refractivity contribution is 7.90. The Morgan fingerprint density at radius 1 is 1.06 bits per heavy atom. The maximum atomic E-state index is 12.4. The zero-order chi connectivity index (χ0) is 13.6. The van der Waals surface area contributed by atoms with Crippen molar-refractivity contribution in [3.8, 4) is 0 Å². The van der Waals surface area contributed by atoms with E-state index in [1.54, 1.807) is 0 Å². The maximum absolute atomic E-state index is 12.4. The molecular formula is C3H3F6NO4S2. The Hall–Kier alpha value is -0.400. The van der Waals surface area contributed by atoms with Crippen molar-refractivity contribution in [2.45, 2.75) is 16.4 Å². The molecule has 0 aromatic carbocycles. The van der Waals surface area contributed by atoms with Crippen LogP contribution >= 0.6 is 0 Å². The summed E-state index contributed by atoms with van der Waals surface area (Å²) in [4.78, 5) is 0. The molecule has 0 aromatic rings. The molecule has 13 heteroatoms. The summed E-state index contributed by atoms with van der Waals surface area (Å²) in [7, 11) is -6.39. The molecular weight excluding hydrogens is 292 g/mol. The fourth-order valence-electron chi connectivity index (χ4n) is 0.458. The van der Waals surface area contributed by atoms with Crippen molar-refractivity contribution in [1.29, 1.82) is 0 Å². The van der Waals surface area contributed by atoms with Crippen LogP contribution in [0.3, 0.4) is 0 Å². The van der Waals surface area contributed by atoms with E-state index in [0.717, 1.165) is 0 Å². The minimum atomic E-state index is -6.63. The first-order valence-electron chi connectivity index (χ1n) is 2.96. The van der Waals surface area contributed by atoms with Crippen molar-refractivity contribution in [3.63, 3.8) is 0 Å². The van der Waals surface area contributed by atoms with Gasteiger partial charge in [-0.1, -0.05) is 0 Å². The predicted octanol–water partition coefficient (Wildman–Crippen LogP) is 0.318. The number of sulfonamides is 1. The molecule has 0 saturated carbocycles. The first-order chi connectivity index (χ1) is 6.69. The van der Waals surface area contributed by atoms with Crippen LogP contribution in [0.15, 0.2) is 0 Å². The predicted molar refractivity (Wildman–Crippen MR) is 38.7 cm³/mol. The van der Waals surface area contributed by atoms with Crippen LogP contribution in [0.5, 0.6) is 0 Å². The molecule has 0 aliphatic carbocycles. The molecule has 0 bridgehead atoms. The van der Waals surface area contributed by atoms with E-state index in [9.17, 15) is 39.0 Å². The van der Waals surface area contributed by atoms with Gasteiger partial charge in [0.1, 0.15) is 0 Å². The minimum absolute atomic E-state index is 3.62. The molecule has 3 N–H and O–H groups in total. The van der Waals surface area contributed by atoms with Gasteiger partial charge in [-0.15, -0.1) is 0 Å². The number of hydrogen-bond acceptors (Lipinski definition) is 3. The number of rotatable bonds is 4. The monoisotopic (exact) mass is 295 g/mol. The standard InChI is InChI=1S/C3H3F6NO4S2/c4-1(5,2(6,7)15(11)12)3(8,9)16(10,13)14/h(H,11,12)(H2,10,13,14). The molecule has 0 saturated heterocycles. The van der Waals surface area contributed by atoms with E-state index >= 15 is 0 Å². The molecule has 0 fully saturated rings. The summed E-state index contributed by atoms with van der Waals surface area (Å²) in [5.41, 5.74) is 0. The molecule has 16 heavy (non-hydrogen) atoms. The van der Waals surface area contributed by atoms with Gasteiger partial charge in [-0.25, -0.2) is 17.8 Å². The van der Waals surface area contributed by atoms with Crippen LogP contribution < -0.4 is 5.14 Å². The Kier molecular flexibility index (Phi) is 3.72. The lowest BCUT2D eigenvalue weighted by Crippen LogP contribution is -2.60. The highest BCUT2D eigenvalue weighted by atomic mass is 32.2. The Labute approximate surface area is 86.9 Å². The normalized spacial score (nSPS) is 17.2. The van der Waals surface area contributed by atoms with Gasteiger partial charge in [0, 0.05) is 0 Å². The van der Waals surface area contributed by atoms with Crippen molar-refractivity contribution in [2.24, 2.45) is 5.14 Å². The fraction of sp³-hybridized carbons (Fsp3) is 1.00. The van der Waals surface area contributed by atoms with Crippen LogP contribution in [0.2, 0.25) is 0 Å². The Morgan fingerprint density at radius 2 is 1.38 bits per heavy atom. The number of hydrogen-bond donors (Lipinski definition) is 2. The summed E-state index contributed by atoms with van der Waals surface area (Å²) in [5.74, 6) is -6.63. The summed E-state index contributed by atoms with van der Waals surface area (Å²) in [6.07, 6.45) is 0. The number of halogens is 6. The summed E-state index contributed by atoms with van der Waals surface area (Å²) < 4.78 is 112. The zero-order valence-electron chi connectivity index (χ0n) is 6.83. The molecule has 98 valence electrons. The van der Waals surface area contributed by atoms with Crippen LogP contribution in [-0.2, 0) is 21.1 Å². The van der Waals surface area contributed by atoms with Gasteiger partial charge >= 0.3 is 16.4 Å². The van der Waals surface area contributed by atoms with Gasteiger partial charge in [-0.2, -0.15) is 26.3 Å². The molecule has 0 aliphatic heterocycles. The van der Waals surface area contributed by atoms with E-state index in [1.165, 1.54) is 0 Å². The molecule has 5 nitrogen and oxygen atoms in total. The van der Waals surface area contributed by atoms with E-state index in [4.69, 9.17) is 4.55 Å². The summed E-state index contributed by atoms with van der Waals surface area (Å²) in [6.45, 7) is 0. The average Bonchev–Trinajstić information content (AvgIpc) is 2.00. The molecule has 0 heterocycles. The second-order valence-corrected chi connectivity index (χ2v) is 5.02. The van der Waals surface area contributed by atoms with E-state index < -0.39 is 37.5 Å². The quantitative estimate of drug-likeness (QED) is 0.576. The topological polar surface area (TPSA) is 97.5 Å². The first-order valence-corrected chi connectivity index (χ1v) is 5.61. The van der Waals surface area contributed by atoms with Gasteiger partial charge in [0.15, 0.2) is 0 Å². The first kappa shape index (κ1) is 15.6. The fourth-order valence-corrected chi connectivity index (χ4v) is 1.36. The number of nitrogens with two attached hydrogens (primary N) is 1. The third kappa shape index (κ3) is 2.03. The number of alkyl halides is 6. The SMILES string of the molecule is NS(=O)(=O)C(F)(F)C(F)(F)C(F)(F)S(=O)O. The Bertz CT molecular complexity index is 404. The molecule has 0 rings (SSSR count). The van der Waals surface area contributed by atoms with E-state index in [-0.39, 0.29) is 0 Å². The van der Waals surface area contributed by atoms with E-state index in [1.807, 2.05) is 0 Å². The molecule has 0 amide bonds. The van der Waals surface area contributed by atoms with Crippen LogP contribution in [0.4, 0.5) is 26.3 Å². The van der Waals surface area contributed by atoms with Gasteiger partial charge in [0.05, 0.1) is 0 Å². The summed E-state index contributed by atoms with van der Waals surface area (Å²) >= 11 is -4.71. The zero-order valence-corrected chi connectivity index (χ0v) is 8.47. The molecule has 0 aliphatic rings. The Balaban J connectivity index is 5.82. The van der Waals surface area contributed by atoms with Crippen LogP contribution in [0, 0.1) is 0 Å². The highest BCUT2D eigenvalue weighted by Crippen LogP contribution is 2.48. The van der Waals surface area contributed by atoms with E-state index in [0.29, 0.717) is 0 Å². The van der Waals surface area contributed by atoms with Gasteiger partial charge in [-0.3, -0.25) is 0 Å². The van der Waals surface area contributed by atoms with Gasteiger partial charge < -0.3 is 4.55 Å². The van der Waals surface area contributed by atoms with Gasteiger partial charge in [-0.05, 0) is 0 Å². The van der Waals surface area contributed by atoms with Crippen molar-refractivity contribution < 1.29 is 43.5 Å². The number of primary sulfonamides is 1. The van der Waals surface area contributed by atoms with Gasteiger partial charge in [0.2, 0.25) is 11.1 Å². The lowest BCUT2D eigenvalue weighted by atomic mass is 10.3. The largest absolute Gasteiger partial charge is 0.427 e. The van der Waals surface area contributed by atoms with Crippen LogP contribution in [-0.4, -0.2) is 33.6 Å². The Morgan fingerprint density at radius 3 is 1.56 bits per heavy atom. The summed E-state index contributed by atoms with van der Waals surface area (Å²) in [5, 5.41) is -8.94. The highest BCUT2D eigenvalue weighted by Gasteiger charge is 2.79. The molecule has 1 atom stereocenters. The minimum Gasteiger partial charge on any atom is -0.301 e. The average molecular weight is 295 g/mol. The molecule has 0 aromatic heterocycles. The second-order valence-electron chi connectivity index (χ2n) is 2.40. The van der Waals surface area contributed by atoms with E-state index in [2.05, 4.69) is 5.14 Å². The lowest BCUT2D eigenvalue weighted by molar-refractivity contribution is -0.243. The van der Waals surface area contributed by atoms with Crippen molar-refractivity contribution in [3.05, 3.63) is 0 Å². The smallest absolute Gasteiger partial charge is 0.301 e. The van der Waals surface area contributed by atoms with Crippen LogP contribution in [0.1, 0.15) is 0 Å². The van der Waals surface area contributed by atoms with Crippen molar-refractivity contribution in [2.75, 3.05) is 0 Å².